The zero-order valence-corrected chi connectivity index (χ0v) is 15.7. The average Bonchev–Trinajstić information content (AvgIpc) is 3.17. The number of rotatable bonds is 2. The summed E-state index contributed by atoms with van der Waals surface area (Å²) in [6.07, 6.45) is 0.917. The van der Waals surface area contributed by atoms with Crippen LogP contribution in [0, 0.1) is 0 Å². The Kier molecular flexibility index (Phi) is 4.40. The van der Waals surface area contributed by atoms with E-state index in [0.29, 0.717) is 18.2 Å². The molecule has 0 saturated carbocycles. The zero-order valence-electron chi connectivity index (χ0n) is 13.3. The number of halogens is 2. The van der Waals surface area contributed by atoms with Crippen molar-refractivity contribution >= 4 is 46.0 Å². The summed E-state index contributed by atoms with van der Waals surface area (Å²) in [4.78, 5) is 28.5. The van der Waals surface area contributed by atoms with Crippen molar-refractivity contribution in [2.45, 2.75) is 19.4 Å². The second-order valence-electron chi connectivity index (χ2n) is 5.76. The predicted octanol–water partition coefficient (Wildman–Crippen LogP) is 3.67. The minimum atomic E-state index is -0.0685. The molecule has 3 heterocycles. The molecule has 1 unspecified atom stereocenters. The van der Waals surface area contributed by atoms with Crippen LogP contribution in [0.2, 0.25) is 0 Å². The number of H-pyrrole nitrogens is 1. The fourth-order valence-corrected chi connectivity index (χ4v) is 3.21. The number of carbonyl (C=O) groups is 1. The Bertz CT molecular complexity index is 816. The Hall–Kier alpha value is -1.86. The maximum Gasteiger partial charge on any atom is 0.331 e. The van der Waals surface area contributed by atoms with Crippen molar-refractivity contribution in [3.63, 3.8) is 0 Å². The maximum absolute atomic E-state index is 12.5. The highest BCUT2D eigenvalue weighted by atomic mass is 79.9. The van der Waals surface area contributed by atoms with Gasteiger partial charge in [0, 0.05) is 17.1 Å². The van der Waals surface area contributed by atoms with Crippen LogP contribution in [0.1, 0.15) is 19.0 Å². The molecule has 1 aromatic carbocycles. The lowest BCUT2D eigenvalue weighted by Gasteiger charge is -2.29. The third-order valence-corrected chi connectivity index (χ3v) is 4.82. The van der Waals surface area contributed by atoms with Gasteiger partial charge in [-0.25, -0.2) is 9.78 Å². The number of amidine groups is 1. The van der Waals surface area contributed by atoms with E-state index in [9.17, 15) is 4.79 Å². The van der Waals surface area contributed by atoms with Crippen LogP contribution in [0.5, 0.6) is 0 Å². The van der Waals surface area contributed by atoms with Crippen molar-refractivity contribution < 1.29 is 4.79 Å². The molecule has 4 rings (SSSR count). The summed E-state index contributed by atoms with van der Waals surface area (Å²) in [5.41, 5.74) is 1.79. The molecule has 1 N–H and O–H groups in total. The Labute approximate surface area is 154 Å². The number of urea groups is 1. The van der Waals surface area contributed by atoms with Crippen LogP contribution < -0.4 is 4.90 Å². The minimum absolute atomic E-state index is 0. The van der Waals surface area contributed by atoms with Gasteiger partial charge < -0.3 is 4.98 Å². The van der Waals surface area contributed by atoms with Crippen LogP contribution >= 0.6 is 28.3 Å². The summed E-state index contributed by atoms with van der Waals surface area (Å²) < 4.78 is 1.02. The van der Waals surface area contributed by atoms with Gasteiger partial charge >= 0.3 is 6.03 Å². The van der Waals surface area contributed by atoms with Gasteiger partial charge in [-0.3, -0.25) is 14.8 Å². The van der Waals surface area contributed by atoms with Crippen LogP contribution in [-0.2, 0) is 0 Å². The Morgan fingerprint density at radius 3 is 2.71 bits per heavy atom. The van der Waals surface area contributed by atoms with Gasteiger partial charge in [0.05, 0.1) is 12.6 Å². The first-order valence-corrected chi connectivity index (χ1v) is 8.37. The number of hydrogen-bond donors (Lipinski definition) is 1. The van der Waals surface area contributed by atoms with E-state index in [4.69, 9.17) is 4.99 Å². The summed E-state index contributed by atoms with van der Waals surface area (Å²) in [5, 5.41) is 0. The highest BCUT2D eigenvalue weighted by Gasteiger charge is 2.40. The first kappa shape index (κ1) is 17.0. The Balaban J connectivity index is 0.00000169. The second kappa shape index (κ2) is 6.22. The van der Waals surface area contributed by atoms with E-state index in [1.54, 1.807) is 16.8 Å². The number of fused-ring (bicyclic) bond motifs is 3. The third-order valence-electron chi connectivity index (χ3n) is 4.29. The average molecular weight is 411 g/mol. The lowest BCUT2D eigenvalue weighted by Crippen LogP contribution is -2.48. The smallest absolute Gasteiger partial charge is 0.331 e. The molecule has 8 heteroatoms. The van der Waals surface area contributed by atoms with E-state index in [1.165, 1.54) is 0 Å². The molecule has 2 aliphatic heterocycles. The lowest BCUT2D eigenvalue weighted by atomic mass is 10.2. The summed E-state index contributed by atoms with van der Waals surface area (Å²) >= 11 is 3.43. The molecule has 0 radical (unpaired) electrons. The van der Waals surface area contributed by atoms with Gasteiger partial charge in [0.25, 0.3) is 0 Å². The molecule has 1 atom stereocenters. The first-order chi connectivity index (χ1) is 11.1. The zero-order chi connectivity index (χ0) is 16.1. The number of aliphatic imine (C=N–C) groups is 1. The van der Waals surface area contributed by atoms with Gasteiger partial charge in [0.15, 0.2) is 11.7 Å². The lowest BCUT2D eigenvalue weighted by molar-refractivity contribution is 0.228. The van der Waals surface area contributed by atoms with Crippen molar-refractivity contribution in [3.8, 4) is 11.4 Å². The number of hydrogen-bond acceptors (Lipinski definition) is 3. The van der Waals surface area contributed by atoms with Gasteiger partial charge in [-0.1, -0.05) is 35.0 Å². The van der Waals surface area contributed by atoms with Gasteiger partial charge in [0.2, 0.25) is 0 Å². The number of carbonyl (C=O) groups excluding carboxylic acids is 1. The number of anilines is 1. The molecule has 2 aliphatic rings. The fourth-order valence-electron chi connectivity index (χ4n) is 2.95. The van der Waals surface area contributed by atoms with Crippen LogP contribution in [0.4, 0.5) is 10.6 Å². The van der Waals surface area contributed by atoms with Crippen molar-refractivity contribution in [1.82, 2.24) is 14.9 Å². The Morgan fingerprint density at radius 1 is 1.33 bits per heavy atom. The monoisotopic (exact) mass is 409 g/mol. The number of benzene rings is 1. The molecule has 0 spiro atoms. The van der Waals surface area contributed by atoms with E-state index >= 15 is 0 Å². The molecule has 24 heavy (non-hydrogen) atoms. The number of aromatic amines is 1. The highest BCUT2D eigenvalue weighted by Crippen LogP contribution is 2.32. The summed E-state index contributed by atoms with van der Waals surface area (Å²) in [7, 11) is 1.75. The van der Waals surface area contributed by atoms with E-state index in [1.807, 2.05) is 24.3 Å². The molecule has 6 nitrogen and oxygen atoms in total. The molecule has 2 aromatic rings. The Morgan fingerprint density at radius 2 is 2.04 bits per heavy atom. The van der Waals surface area contributed by atoms with Crippen LogP contribution in [0.25, 0.3) is 11.4 Å². The third kappa shape index (κ3) is 2.52. The fraction of sp³-hybridized carbons (Fsp3) is 0.312. The van der Waals surface area contributed by atoms with E-state index in [0.717, 1.165) is 28.0 Å². The van der Waals surface area contributed by atoms with Crippen molar-refractivity contribution in [2.24, 2.45) is 4.99 Å². The molecule has 126 valence electrons. The van der Waals surface area contributed by atoms with Crippen LogP contribution in [-0.4, -0.2) is 46.4 Å². The van der Waals surface area contributed by atoms with Crippen molar-refractivity contribution in [2.75, 3.05) is 18.5 Å². The molecular weight excluding hydrogens is 394 g/mol. The standard InChI is InChI=1S/C16H16BrN5O.ClH/c1-3-11-8-22-15(18-11)12-14(21(2)16(22)23)20-13(19-12)9-4-6-10(17)7-5-9;/h4-7,11H,3,8H2,1-2H3,(H,19,20);1H. The molecular formula is C16H17BrClN5O. The number of aromatic nitrogens is 2. The number of nitrogens with zero attached hydrogens (tertiary/aromatic N) is 4. The maximum atomic E-state index is 12.5. The van der Waals surface area contributed by atoms with Gasteiger partial charge in [-0.15, -0.1) is 12.4 Å². The van der Waals surface area contributed by atoms with Gasteiger partial charge in [-0.2, -0.15) is 0 Å². The SMILES string of the molecule is CCC1CN2C(=O)N(C)c3nc(-c4ccc(Br)cc4)[nH]c3C2=N1.Cl. The summed E-state index contributed by atoms with van der Waals surface area (Å²) in [5.74, 6) is 2.09. The molecule has 0 saturated heterocycles. The topological polar surface area (TPSA) is 64.6 Å². The molecule has 2 amide bonds. The molecule has 0 bridgehead atoms. The predicted molar refractivity (Wildman–Crippen MR) is 100 cm³/mol. The van der Waals surface area contributed by atoms with E-state index < -0.39 is 0 Å². The van der Waals surface area contributed by atoms with E-state index in [-0.39, 0.29) is 24.5 Å². The summed E-state index contributed by atoms with van der Waals surface area (Å²) in [6.45, 7) is 2.73. The van der Waals surface area contributed by atoms with Crippen LogP contribution in [0.3, 0.4) is 0 Å². The minimum Gasteiger partial charge on any atom is -0.334 e. The van der Waals surface area contributed by atoms with Gasteiger partial charge in [-0.05, 0) is 18.6 Å². The van der Waals surface area contributed by atoms with Crippen molar-refractivity contribution in [3.05, 3.63) is 34.4 Å². The number of amides is 2. The quantitative estimate of drug-likeness (QED) is 0.821. The molecule has 0 fully saturated rings. The summed E-state index contributed by atoms with van der Waals surface area (Å²) in [6, 6.07) is 8.00. The van der Waals surface area contributed by atoms with Gasteiger partial charge in [0.1, 0.15) is 11.5 Å². The highest BCUT2D eigenvalue weighted by molar-refractivity contribution is 9.10. The largest absolute Gasteiger partial charge is 0.334 e. The second-order valence-corrected chi connectivity index (χ2v) is 6.67. The van der Waals surface area contributed by atoms with E-state index in [2.05, 4.69) is 32.8 Å². The molecule has 0 aliphatic carbocycles. The number of nitrogens with one attached hydrogen (secondary N) is 1. The van der Waals surface area contributed by atoms with Crippen molar-refractivity contribution in [1.29, 1.82) is 0 Å². The normalized spacial score (nSPS) is 18.9. The number of imidazole rings is 1. The van der Waals surface area contributed by atoms with Crippen LogP contribution in [0.15, 0.2) is 33.7 Å². The first-order valence-electron chi connectivity index (χ1n) is 7.57. The molecule has 1 aromatic heterocycles.